The zero-order chi connectivity index (χ0) is 22.1. The molecule has 1 saturated heterocycles. The van der Waals surface area contributed by atoms with Gasteiger partial charge in [0.05, 0.1) is 19.6 Å². The van der Waals surface area contributed by atoms with Crippen molar-refractivity contribution in [3.63, 3.8) is 0 Å². The molecule has 2 aliphatic carbocycles. The molecule has 1 atom stereocenters. The van der Waals surface area contributed by atoms with E-state index in [0.717, 1.165) is 50.2 Å². The summed E-state index contributed by atoms with van der Waals surface area (Å²) in [6.45, 7) is 4.57. The summed E-state index contributed by atoms with van der Waals surface area (Å²) < 4.78 is 10.9. The third-order valence-electron chi connectivity index (χ3n) is 8.28. The molecule has 0 aromatic heterocycles. The molecular formula is C26H36N2O4. The highest BCUT2D eigenvalue weighted by molar-refractivity contribution is 5.83. The molecule has 0 N–H and O–H groups in total. The molecule has 1 aromatic rings. The summed E-state index contributed by atoms with van der Waals surface area (Å²) in [6, 6.07) is 6.43. The van der Waals surface area contributed by atoms with E-state index in [1.807, 2.05) is 4.90 Å². The molecule has 6 heteroatoms. The van der Waals surface area contributed by atoms with Gasteiger partial charge in [0, 0.05) is 24.6 Å². The molecular weight excluding hydrogens is 404 g/mol. The van der Waals surface area contributed by atoms with E-state index in [1.54, 1.807) is 0 Å². The highest BCUT2D eigenvalue weighted by Gasteiger charge is 2.58. The van der Waals surface area contributed by atoms with Crippen LogP contribution in [0, 0.1) is 17.3 Å². The van der Waals surface area contributed by atoms with Gasteiger partial charge in [-0.15, -0.1) is 0 Å². The molecule has 1 amide bonds. The largest absolute Gasteiger partial charge is 0.491 e. The van der Waals surface area contributed by atoms with Crippen LogP contribution < -0.4 is 4.74 Å². The van der Waals surface area contributed by atoms with Crippen molar-refractivity contribution in [3.8, 4) is 5.75 Å². The van der Waals surface area contributed by atoms with E-state index >= 15 is 0 Å². The van der Waals surface area contributed by atoms with Gasteiger partial charge in [0.2, 0.25) is 5.91 Å². The molecule has 4 aliphatic rings. The minimum Gasteiger partial charge on any atom is -0.491 e. The Morgan fingerprint density at radius 3 is 2.66 bits per heavy atom. The van der Waals surface area contributed by atoms with Gasteiger partial charge in [-0.3, -0.25) is 14.5 Å². The summed E-state index contributed by atoms with van der Waals surface area (Å²) in [5, 5.41) is 0. The molecule has 1 unspecified atom stereocenters. The smallest absolute Gasteiger partial charge is 0.308 e. The molecule has 2 aliphatic heterocycles. The van der Waals surface area contributed by atoms with E-state index in [-0.39, 0.29) is 17.8 Å². The number of likely N-dealkylation sites (tertiary alicyclic amines) is 1. The van der Waals surface area contributed by atoms with Crippen molar-refractivity contribution in [3.05, 3.63) is 29.3 Å². The molecule has 6 nitrogen and oxygen atoms in total. The fraction of sp³-hybridized carbons (Fsp3) is 0.692. The quantitative estimate of drug-likeness (QED) is 0.667. The molecule has 2 saturated carbocycles. The van der Waals surface area contributed by atoms with E-state index < -0.39 is 0 Å². The summed E-state index contributed by atoms with van der Waals surface area (Å²) in [5.41, 5.74) is 2.69. The Morgan fingerprint density at radius 1 is 1.12 bits per heavy atom. The standard InChI is InChI=1S/C26H36N2O4/c1-31-25(30)20-7-11-27(12-8-20)17-19-5-6-23-21(15-19)18-28(13-14-32-23)24(29)22-16-26(22)9-3-2-4-10-26/h5-6,15,20,22H,2-4,7-14,16-18H2,1H3. The van der Waals surface area contributed by atoms with Gasteiger partial charge in [-0.25, -0.2) is 0 Å². The number of methoxy groups -OCH3 is 1. The van der Waals surface area contributed by atoms with Gasteiger partial charge in [0.15, 0.2) is 0 Å². The number of benzene rings is 1. The van der Waals surface area contributed by atoms with Crippen LogP contribution in [0.2, 0.25) is 0 Å². The molecule has 174 valence electrons. The van der Waals surface area contributed by atoms with Gasteiger partial charge in [0.25, 0.3) is 0 Å². The number of carbonyl (C=O) groups is 2. The van der Waals surface area contributed by atoms with Gasteiger partial charge in [-0.2, -0.15) is 0 Å². The third-order valence-corrected chi connectivity index (χ3v) is 8.28. The fourth-order valence-electron chi connectivity index (χ4n) is 6.21. The predicted molar refractivity (Wildman–Crippen MR) is 121 cm³/mol. The van der Waals surface area contributed by atoms with Crippen LogP contribution in [0.5, 0.6) is 5.75 Å². The van der Waals surface area contributed by atoms with Crippen molar-refractivity contribution in [1.29, 1.82) is 0 Å². The maximum atomic E-state index is 13.3. The van der Waals surface area contributed by atoms with Crippen molar-refractivity contribution >= 4 is 11.9 Å². The van der Waals surface area contributed by atoms with Crippen LogP contribution in [0.1, 0.15) is 62.5 Å². The number of hydrogen-bond donors (Lipinski definition) is 0. The van der Waals surface area contributed by atoms with Gasteiger partial charge < -0.3 is 14.4 Å². The molecule has 0 bridgehead atoms. The van der Waals surface area contributed by atoms with Crippen molar-refractivity contribution in [2.75, 3.05) is 33.4 Å². The van der Waals surface area contributed by atoms with E-state index in [4.69, 9.17) is 9.47 Å². The van der Waals surface area contributed by atoms with Crippen LogP contribution in [0.3, 0.4) is 0 Å². The van der Waals surface area contributed by atoms with Crippen molar-refractivity contribution in [2.24, 2.45) is 17.3 Å². The van der Waals surface area contributed by atoms with Crippen molar-refractivity contribution in [2.45, 2.75) is 64.5 Å². The first-order chi connectivity index (χ1) is 15.6. The lowest BCUT2D eigenvalue weighted by atomic mass is 9.84. The summed E-state index contributed by atoms with van der Waals surface area (Å²) >= 11 is 0. The molecule has 3 fully saturated rings. The predicted octanol–water partition coefficient (Wildman–Crippen LogP) is 3.76. The molecule has 0 radical (unpaired) electrons. The number of carbonyl (C=O) groups excluding carboxylic acids is 2. The van der Waals surface area contributed by atoms with Crippen molar-refractivity contribution in [1.82, 2.24) is 9.80 Å². The second-order valence-electron chi connectivity index (χ2n) is 10.3. The number of hydrogen-bond acceptors (Lipinski definition) is 5. The number of piperidine rings is 1. The van der Waals surface area contributed by atoms with Gasteiger partial charge in [-0.1, -0.05) is 25.3 Å². The summed E-state index contributed by atoms with van der Waals surface area (Å²) in [7, 11) is 1.47. The van der Waals surface area contributed by atoms with Gasteiger partial charge >= 0.3 is 5.97 Å². The number of nitrogens with zero attached hydrogens (tertiary/aromatic N) is 2. The molecule has 1 aromatic carbocycles. The molecule has 5 rings (SSSR count). The lowest BCUT2D eigenvalue weighted by molar-refractivity contribution is -0.147. The lowest BCUT2D eigenvalue weighted by Gasteiger charge is -2.30. The average Bonchev–Trinajstić information content (AvgIpc) is 3.56. The van der Waals surface area contributed by atoms with Crippen LogP contribution in [0.15, 0.2) is 18.2 Å². The Kier molecular flexibility index (Phi) is 6.15. The number of esters is 1. The number of amides is 1. The van der Waals surface area contributed by atoms with Crippen LogP contribution >= 0.6 is 0 Å². The summed E-state index contributed by atoms with van der Waals surface area (Å²) in [4.78, 5) is 29.6. The summed E-state index contributed by atoms with van der Waals surface area (Å²) in [6.07, 6.45) is 9.18. The molecule has 2 heterocycles. The van der Waals surface area contributed by atoms with E-state index in [0.29, 0.717) is 31.0 Å². The number of fused-ring (bicyclic) bond motifs is 1. The van der Waals surface area contributed by atoms with Gasteiger partial charge in [-0.05, 0) is 68.3 Å². The number of ether oxygens (including phenoxy) is 2. The Bertz CT molecular complexity index is 855. The first-order valence-corrected chi connectivity index (χ1v) is 12.4. The van der Waals surface area contributed by atoms with Crippen LogP contribution in [-0.4, -0.2) is 55.0 Å². The third kappa shape index (κ3) is 4.39. The summed E-state index contributed by atoms with van der Waals surface area (Å²) in [5.74, 6) is 1.45. The Morgan fingerprint density at radius 2 is 1.91 bits per heavy atom. The molecule has 1 spiro atoms. The van der Waals surface area contributed by atoms with E-state index in [1.165, 1.54) is 44.8 Å². The minimum atomic E-state index is -0.0812. The lowest BCUT2D eigenvalue weighted by Crippen LogP contribution is -2.36. The number of rotatable bonds is 4. The topological polar surface area (TPSA) is 59.1 Å². The zero-order valence-electron chi connectivity index (χ0n) is 19.3. The highest BCUT2D eigenvalue weighted by atomic mass is 16.5. The van der Waals surface area contributed by atoms with Gasteiger partial charge in [0.1, 0.15) is 12.4 Å². The second-order valence-corrected chi connectivity index (χ2v) is 10.3. The van der Waals surface area contributed by atoms with Crippen LogP contribution in [0.25, 0.3) is 0 Å². The fourth-order valence-corrected chi connectivity index (χ4v) is 6.21. The van der Waals surface area contributed by atoms with Crippen molar-refractivity contribution < 1.29 is 19.1 Å². The maximum absolute atomic E-state index is 13.3. The maximum Gasteiger partial charge on any atom is 0.308 e. The van der Waals surface area contributed by atoms with E-state index in [9.17, 15) is 9.59 Å². The monoisotopic (exact) mass is 440 g/mol. The Balaban J connectivity index is 1.21. The second kappa shape index (κ2) is 9.05. The SMILES string of the molecule is COC(=O)C1CCN(Cc2ccc3c(c2)CN(C(=O)C2CC24CCCCC4)CCO3)CC1. The average molecular weight is 441 g/mol. The minimum absolute atomic E-state index is 0.0335. The zero-order valence-corrected chi connectivity index (χ0v) is 19.3. The van der Waals surface area contributed by atoms with Crippen LogP contribution in [0.4, 0.5) is 0 Å². The molecule has 32 heavy (non-hydrogen) atoms. The van der Waals surface area contributed by atoms with E-state index in [2.05, 4.69) is 23.1 Å². The van der Waals surface area contributed by atoms with Crippen LogP contribution in [-0.2, 0) is 27.4 Å². The Hall–Kier alpha value is -2.08. The first-order valence-electron chi connectivity index (χ1n) is 12.4. The first kappa shape index (κ1) is 21.7. The highest BCUT2D eigenvalue weighted by Crippen LogP contribution is 2.62. The Labute approximate surface area is 191 Å². The normalized spacial score (nSPS) is 25.5.